The van der Waals surface area contributed by atoms with E-state index in [-0.39, 0.29) is 17.9 Å². The number of carboxylic acid groups (broad SMARTS) is 1. The second-order valence-electron chi connectivity index (χ2n) is 7.83. The van der Waals surface area contributed by atoms with Crippen LogP contribution in [-0.4, -0.2) is 29.0 Å². The zero-order valence-corrected chi connectivity index (χ0v) is 15.5. The Balaban J connectivity index is 1.32. The van der Waals surface area contributed by atoms with Gasteiger partial charge in [0.15, 0.2) is 0 Å². The van der Waals surface area contributed by atoms with Crippen LogP contribution in [0.1, 0.15) is 42.5 Å². The maximum Gasteiger partial charge on any atom is 0.307 e. The number of aliphatic carboxylic acids is 1. The number of benzene rings is 1. The Morgan fingerprint density at radius 2 is 1.57 bits per heavy atom. The van der Waals surface area contributed by atoms with E-state index in [1.54, 1.807) is 24.3 Å². The third-order valence-electron chi connectivity index (χ3n) is 6.07. The molecule has 2 amide bonds. The Hall–Kier alpha value is -2.83. The largest absolute Gasteiger partial charge is 0.490 e. The first-order valence-corrected chi connectivity index (χ1v) is 9.81. The molecule has 148 valence electrons. The van der Waals surface area contributed by atoms with E-state index >= 15 is 0 Å². The number of carbonyl (C=O) groups excluding carboxylic acids is 2. The molecule has 7 nitrogen and oxygen atoms in total. The summed E-state index contributed by atoms with van der Waals surface area (Å²) in [5, 5.41) is 9.42. The van der Waals surface area contributed by atoms with Crippen LogP contribution in [0, 0.1) is 23.7 Å². The summed E-state index contributed by atoms with van der Waals surface area (Å²) < 4.78 is 5.87. The molecule has 28 heavy (non-hydrogen) atoms. The van der Waals surface area contributed by atoms with E-state index in [2.05, 4.69) is 10.9 Å². The van der Waals surface area contributed by atoms with Gasteiger partial charge in [-0.25, -0.2) is 0 Å². The summed E-state index contributed by atoms with van der Waals surface area (Å²) in [6.45, 7) is 0. The quantitative estimate of drug-likeness (QED) is 0.534. The van der Waals surface area contributed by atoms with Crippen LogP contribution in [0.15, 0.2) is 36.4 Å². The van der Waals surface area contributed by atoms with Crippen molar-refractivity contribution < 1.29 is 24.2 Å². The molecule has 1 aromatic rings. The highest BCUT2D eigenvalue weighted by atomic mass is 16.5. The predicted molar refractivity (Wildman–Crippen MR) is 100 cm³/mol. The molecular weight excluding hydrogens is 360 g/mol. The fraction of sp³-hybridized carbons (Fsp3) is 0.476. The van der Waals surface area contributed by atoms with Gasteiger partial charge in [0.05, 0.1) is 17.9 Å². The SMILES string of the molecule is O=C(NNC(=O)[C@@H]1[C@@H](C(=O)O)[C@H]2C=C[C@@H]1C2)c1ccc(OC2CCCC2)cc1. The van der Waals surface area contributed by atoms with E-state index < -0.39 is 29.6 Å². The molecule has 0 radical (unpaired) electrons. The van der Waals surface area contributed by atoms with Gasteiger partial charge < -0.3 is 9.84 Å². The molecule has 1 aromatic carbocycles. The van der Waals surface area contributed by atoms with Crippen LogP contribution in [0.4, 0.5) is 0 Å². The molecule has 0 aromatic heterocycles. The van der Waals surface area contributed by atoms with Crippen molar-refractivity contribution in [3.63, 3.8) is 0 Å². The van der Waals surface area contributed by atoms with E-state index in [0.717, 1.165) is 18.6 Å². The lowest BCUT2D eigenvalue weighted by Gasteiger charge is -2.23. The van der Waals surface area contributed by atoms with E-state index in [4.69, 9.17) is 4.74 Å². The Morgan fingerprint density at radius 1 is 0.929 bits per heavy atom. The molecule has 0 heterocycles. The Kier molecular flexibility index (Phi) is 5.07. The molecule has 3 aliphatic carbocycles. The summed E-state index contributed by atoms with van der Waals surface area (Å²) in [7, 11) is 0. The number of hydrogen-bond acceptors (Lipinski definition) is 4. The number of carbonyl (C=O) groups is 3. The first kappa shape index (κ1) is 18.5. The van der Waals surface area contributed by atoms with E-state index in [9.17, 15) is 19.5 Å². The molecule has 0 spiro atoms. The van der Waals surface area contributed by atoms with Gasteiger partial charge in [-0.1, -0.05) is 12.2 Å². The number of nitrogens with one attached hydrogen (secondary N) is 2. The average molecular weight is 384 g/mol. The van der Waals surface area contributed by atoms with Gasteiger partial charge in [-0.05, 0) is 68.2 Å². The van der Waals surface area contributed by atoms with Gasteiger partial charge in [0.25, 0.3) is 5.91 Å². The molecule has 2 saturated carbocycles. The highest BCUT2D eigenvalue weighted by molar-refractivity contribution is 5.96. The maximum atomic E-state index is 12.5. The van der Waals surface area contributed by atoms with E-state index in [0.29, 0.717) is 12.0 Å². The van der Waals surface area contributed by atoms with Gasteiger partial charge in [0, 0.05) is 5.56 Å². The van der Waals surface area contributed by atoms with Crippen LogP contribution >= 0.6 is 0 Å². The van der Waals surface area contributed by atoms with Crippen LogP contribution in [0.2, 0.25) is 0 Å². The summed E-state index contributed by atoms with van der Waals surface area (Å²) >= 11 is 0. The number of amides is 2. The first-order valence-electron chi connectivity index (χ1n) is 9.81. The fourth-order valence-corrected chi connectivity index (χ4v) is 4.67. The number of hydrogen-bond donors (Lipinski definition) is 3. The van der Waals surface area contributed by atoms with Crippen molar-refractivity contribution in [3.8, 4) is 5.75 Å². The third kappa shape index (κ3) is 3.61. The molecule has 4 rings (SSSR count). The molecule has 0 unspecified atom stereocenters. The van der Waals surface area contributed by atoms with E-state index in [1.807, 2.05) is 12.2 Å². The highest BCUT2D eigenvalue weighted by Crippen LogP contribution is 2.48. The van der Waals surface area contributed by atoms with Gasteiger partial charge in [-0.3, -0.25) is 25.2 Å². The molecule has 2 bridgehead atoms. The minimum atomic E-state index is -0.971. The normalized spacial score (nSPS) is 28.3. The fourth-order valence-electron chi connectivity index (χ4n) is 4.67. The minimum absolute atomic E-state index is 0.0879. The molecule has 4 atom stereocenters. The smallest absolute Gasteiger partial charge is 0.307 e. The lowest BCUT2D eigenvalue weighted by molar-refractivity contribution is -0.148. The Morgan fingerprint density at radius 3 is 2.21 bits per heavy atom. The summed E-state index contributed by atoms with van der Waals surface area (Å²) in [5.41, 5.74) is 5.18. The molecule has 2 fully saturated rings. The number of hydrazine groups is 1. The van der Waals surface area contributed by atoms with Crippen LogP contribution in [0.25, 0.3) is 0 Å². The Labute approximate surface area is 163 Å². The summed E-state index contributed by atoms with van der Waals surface area (Å²) in [6, 6.07) is 6.78. The van der Waals surface area contributed by atoms with Crippen molar-refractivity contribution in [1.29, 1.82) is 0 Å². The van der Waals surface area contributed by atoms with Crippen LogP contribution < -0.4 is 15.6 Å². The number of carboxylic acids is 1. The summed E-state index contributed by atoms with van der Waals surface area (Å²) in [4.78, 5) is 36.3. The van der Waals surface area contributed by atoms with Gasteiger partial charge in [0.2, 0.25) is 5.91 Å². The van der Waals surface area contributed by atoms with Crippen molar-refractivity contribution in [1.82, 2.24) is 10.9 Å². The van der Waals surface area contributed by atoms with Gasteiger partial charge in [-0.15, -0.1) is 0 Å². The zero-order chi connectivity index (χ0) is 19.7. The Bertz CT molecular complexity index is 798. The second-order valence-corrected chi connectivity index (χ2v) is 7.83. The zero-order valence-electron chi connectivity index (χ0n) is 15.5. The number of fused-ring (bicyclic) bond motifs is 2. The van der Waals surface area contributed by atoms with Crippen LogP contribution in [0.5, 0.6) is 5.75 Å². The third-order valence-corrected chi connectivity index (χ3v) is 6.07. The monoisotopic (exact) mass is 384 g/mol. The average Bonchev–Trinajstić information content (AvgIpc) is 3.43. The lowest BCUT2D eigenvalue weighted by atomic mass is 9.82. The van der Waals surface area contributed by atoms with Crippen LogP contribution in [0.3, 0.4) is 0 Å². The van der Waals surface area contributed by atoms with Gasteiger partial charge in [-0.2, -0.15) is 0 Å². The van der Waals surface area contributed by atoms with Crippen molar-refractivity contribution in [2.75, 3.05) is 0 Å². The topological polar surface area (TPSA) is 105 Å². The van der Waals surface area contributed by atoms with Gasteiger partial charge in [0.1, 0.15) is 5.75 Å². The molecule has 0 saturated heterocycles. The number of ether oxygens (including phenoxy) is 1. The number of rotatable bonds is 5. The molecule has 7 heteroatoms. The minimum Gasteiger partial charge on any atom is -0.490 e. The molecule has 3 aliphatic rings. The molecule has 3 N–H and O–H groups in total. The second kappa shape index (κ2) is 7.66. The van der Waals surface area contributed by atoms with Crippen molar-refractivity contribution in [2.24, 2.45) is 23.7 Å². The predicted octanol–water partition coefficient (Wildman–Crippen LogP) is 2.29. The summed E-state index contributed by atoms with van der Waals surface area (Å²) in [5.74, 6) is -2.75. The van der Waals surface area contributed by atoms with Crippen molar-refractivity contribution >= 4 is 17.8 Å². The van der Waals surface area contributed by atoms with Crippen molar-refractivity contribution in [2.45, 2.75) is 38.2 Å². The lowest BCUT2D eigenvalue weighted by Crippen LogP contribution is -2.48. The highest BCUT2D eigenvalue weighted by Gasteiger charge is 2.51. The maximum absolute atomic E-state index is 12.5. The summed E-state index contributed by atoms with van der Waals surface area (Å²) in [6.07, 6.45) is 9.19. The van der Waals surface area contributed by atoms with Gasteiger partial charge >= 0.3 is 5.97 Å². The van der Waals surface area contributed by atoms with Crippen molar-refractivity contribution in [3.05, 3.63) is 42.0 Å². The van der Waals surface area contributed by atoms with E-state index in [1.165, 1.54) is 12.8 Å². The standard InChI is InChI=1S/C21H24N2O5/c24-19(12-7-9-16(10-8-12)28-15-3-1-2-4-15)22-23-20(25)17-13-5-6-14(11-13)18(17)21(26)27/h5-10,13-15,17-18H,1-4,11H2,(H,22,24)(H,23,25)(H,26,27)/t13-,14+,17+,18+/m1/s1. The number of allylic oxidation sites excluding steroid dienone is 2. The van der Waals surface area contributed by atoms with Crippen LogP contribution in [-0.2, 0) is 9.59 Å². The first-order chi connectivity index (χ1) is 13.5. The molecular formula is C21H24N2O5. The molecule has 0 aliphatic heterocycles.